The van der Waals surface area contributed by atoms with Crippen LogP contribution in [0.5, 0.6) is 0 Å². The van der Waals surface area contributed by atoms with E-state index in [1.54, 1.807) is 0 Å². The molecule has 0 saturated carbocycles. The van der Waals surface area contributed by atoms with Crippen LogP contribution < -0.4 is 5.32 Å². The summed E-state index contributed by atoms with van der Waals surface area (Å²) in [6.45, 7) is 3.04. The van der Waals surface area contributed by atoms with Gasteiger partial charge < -0.3 is 5.32 Å². The number of nitrogens with one attached hydrogen (secondary N) is 1. The van der Waals surface area contributed by atoms with Gasteiger partial charge in [-0.1, -0.05) is 79.8 Å². The molecular weight excluding hydrogens is 262 g/mol. The summed E-state index contributed by atoms with van der Waals surface area (Å²) >= 11 is 5.41. The number of thiocarbonyl (C=S) groups is 1. The Hall–Kier alpha value is -1.93. The summed E-state index contributed by atoms with van der Waals surface area (Å²) < 4.78 is 0. The van der Waals surface area contributed by atoms with E-state index in [0.29, 0.717) is 0 Å². The molecule has 0 bridgehead atoms. The molecule has 0 spiro atoms. The minimum atomic E-state index is 0.787. The van der Waals surface area contributed by atoms with Crippen LogP contribution in [0.2, 0.25) is 0 Å². The fourth-order valence-corrected chi connectivity index (χ4v) is 2.22. The number of hydrogen-bond acceptors (Lipinski definition) is 1. The van der Waals surface area contributed by atoms with E-state index in [-0.39, 0.29) is 0 Å². The molecule has 0 heterocycles. The van der Waals surface area contributed by atoms with Crippen LogP contribution in [-0.2, 0) is 0 Å². The maximum absolute atomic E-state index is 5.41. The molecule has 1 nitrogen and oxygen atoms in total. The second kappa shape index (κ2) is 7.61. The van der Waals surface area contributed by atoms with Crippen molar-refractivity contribution in [2.24, 2.45) is 0 Å². The molecule has 0 unspecified atom stereocenters. The summed E-state index contributed by atoms with van der Waals surface area (Å²) in [7, 11) is 0. The molecule has 0 atom stereocenters. The van der Waals surface area contributed by atoms with Crippen LogP contribution in [0.15, 0.2) is 66.7 Å². The highest BCUT2D eigenvalue weighted by Crippen LogP contribution is 2.22. The van der Waals surface area contributed by atoms with Crippen LogP contribution in [0.1, 0.15) is 24.5 Å². The first-order chi connectivity index (χ1) is 9.81. The van der Waals surface area contributed by atoms with E-state index in [0.717, 1.165) is 23.5 Å². The van der Waals surface area contributed by atoms with Crippen LogP contribution in [0.3, 0.4) is 0 Å². The molecule has 2 rings (SSSR count). The third-order valence-electron chi connectivity index (χ3n) is 2.99. The van der Waals surface area contributed by atoms with Crippen molar-refractivity contribution < 1.29 is 0 Å². The Labute approximate surface area is 126 Å². The zero-order valence-corrected chi connectivity index (χ0v) is 12.5. The predicted octanol–water partition coefficient (Wildman–Crippen LogP) is 4.45. The van der Waals surface area contributed by atoms with E-state index in [1.807, 2.05) is 12.1 Å². The summed E-state index contributed by atoms with van der Waals surface area (Å²) in [5.74, 6) is 0. The molecular formula is C18H19NS. The van der Waals surface area contributed by atoms with Gasteiger partial charge in [0.1, 0.15) is 0 Å². The van der Waals surface area contributed by atoms with Gasteiger partial charge in [0.2, 0.25) is 0 Å². The van der Waals surface area contributed by atoms with Crippen molar-refractivity contribution in [1.29, 1.82) is 0 Å². The van der Waals surface area contributed by atoms with Gasteiger partial charge in [-0.15, -0.1) is 0 Å². The minimum absolute atomic E-state index is 0.787. The van der Waals surface area contributed by atoms with Crippen molar-refractivity contribution in [3.8, 4) is 0 Å². The lowest BCUT2D eigenvalue weighted by molar-refractivity contribution is 0.850. The average Bonchev–Trinajstić information content (AvgIpc) is 2.52. The topological polar surface area (TPSA) is 12.0 Å². The monoisotopic (exact) mass is 281 g/mol. The standard InChI is InChI=1S/C18H19NS/c1-2-13-19-18(20)14-17(15-9-5-3-6-10-15)16-11-7-4-8-12-16/h3-12,14H,2,13H2,1H3,(H,19,20). The maximum atomic E-state index is 5.41. The van der Waals surface area contributed by atoms with Crippen LogP contribution in [0.4, 0.5) is 0 Å². The zero-order chi connectivity index (χ0) is 14.2. The van der Waals surface area contributed by atoms with Gasteiger partial charge in [-0.2, -0.15) is 0 Å². The second-order valence-corrected chi connectivity index (χ2v) is 5.02. The molecule has 0 aliphatic carbocycles. The van der Waals surface area contributed by atoms with Crippen molar-refractivity contribution in [2.75, 3.05) is 6.54 Å². The third-order valence-corrected chi connectivity index (χ3v) is 3.26. The molecule has 0 radical (unpaired) electrons. The summed E-state index contributed by atoms with van der Waals surface area (Å²) in [5.41, 5.74) is 3.51. The van der Waals surface area contributed by atoms with E-state index in [2.05, 4.69) is 66.8 Å². The van der Waals surface area contributed by atoms with Crippen molar-refractivity contribution in [3.05, 3.63) is 77.9 Å². The molecule has 0 aliphatic rings. The predicted molar refractivity (Wildman–Crippen MR) is 90.9 cm³/mol. The quantitative estimate of drug-likeness (QED) is 0.642. The third kappa shape index (κ3) is 4.04. The van der Waals surface area contributed by atoms with Gasteiger partial charge in [-0.3, -0.25) is 0 Å². The molecule has 0 amide bonds. The molecule has 2 aromatic rings. The van der Waals surface area contributed by atoms with Crippen LogP contribution in [0.25, 0.3) is 5.57 Å². The van der Waals surface area contributed by atoms with Crippen LogP contribution in [-0.4, -0.2) is 11.5 Å². The van der Waals surface area contributed by atoms with Gasteiger partial charge in [-0.25, -0.2) is 0 Å². The van der Waals surface area contributed by atoms with Crippen molar-refractivity contribution in [2.45, 2.75) is 13.3 Å². The Bertz CT molecular complexity index is 531. The summed E-state index contributed by atoms with van der Waals surface area (Å²) in [5, 5.41) is 3.26. The van der Waals surface area contributed by atoms with Gasteiger partial charge >= 0.3 is 0 Å². The van der Waals surface area contributed by atoms with E-state index < -0.39 is 0 Å². The molecule has 0 aliphatic heterocycles. The highest BCUT2D eigenvalue weighted by atomic mass is 32.1. The molecule has 0 fully saturated rings. The zero-order valence-electron chi connectivity index (χ0n) is 11.7. The first-order valence-corrected chi connectivity index (χ1v) is 7.32. The SMILES string of the molecule is CCCNC(=S)C=C(c1ccccc1)c1ccccc1. The normalized spacial score (nSPS) is 9.85. The summed E-state index contributed by atoms with van der Waals surface area (Å²) in [6, 6.07) is 20.7. The van der Waals surface area contributed by atoms with E-state index in [1.165, 1.54) is 11.1 Å². The number of benzene rings is 2. The number of rotatable bonds is 5. The van der Waals surface area contributed by atoms with Gasteiger partial charge in [0.15, 0.2) is 0 Å². The minimum Gasteiger partial charge on any atom is -0.376 e. The fraction of sp³-hybridized carbons (Fsp3) is 0.167. The first-order valence-electron chi connectivity index (χ1n) is 6.91. The molecule has 2 aromatic carbocycles. The molecule has 0 aromatic heterocycles. The van der Waals surface area contributed by atoms with Gasteiger partial charge in [0, 0.05) is 6.54 Å². The molecule has 1 N–H and O–H groups in total. The van der Waals surface area contributed by atoms with Gasteiger partial charge in [-0.05, 0) is 29.2 Å². The Kier molecular flexibility index (Phi) is 5.51. The van der Waals surface area contributed by atoms with E-state index in [9.17, 15) is 0 Å². The summed E-state index contributed by atoms with van der Waals surface area (Å²) in [4.78, 5) is 0.787. The lowest BCUT2D eigenvalue weighted by Crippen LogP contribution is -2.20. The van der Waals surface area contributed by atoms with Crippen molar-refractivity contribution in [1.82, 2.24) is 5.32 Å². The summed E-state index contributed by atoms with van der Waals surface area (Å²) in [6.07, 6.45) is 3.12. The van der Waals surface area contributed by atoms with Crippen molar-refractivity contribution >= 4 is 22.8 Å². The molecule has 0 saturated heterocycles. The largest absolute Gasteiger partial charge is 0.376 e. The smallest absolute Gasteiger partial charge is 0.0994 e. The Balaban J connectivity index is 2.35. The average molecular weight is 281 g/mol. The number of hydrogen-bond donors (Lipinski definition) is 1. The maximum Gasteiger partial charge on any atom is 0.0994 e. The second-order valence-electron chi connectivity index (χ2n) is 4.58. The Morgan fingerprint density at radius 1 is 0.950 bits per heavy atom. The highest BCUT2D eigenvalue weighted by Gasteiger charge is 2.05. The lowest BCUT2D eigenvalue weighted by atomic mass is 9.97. The van der Waals surface area contributed by atoms with Gasteiger partial charge in [0.25, 0.3) is 0 Å². The highest BCUT2D eigenvalue weighted by molar-refractivity contribution is 7.80. The molecule has 102 valence electrons. The molecule has 2 heteroatoms. The first kappa shape index (κ1) is 14.5. The Morgan fingerprint density at radius 3 is 1.90 bits per heavy atom. The van der Waals surface area contributed by atoms with Gasteiger partial charge in [0.05, 0.1) is 4.99 Å². The fourth-order valence-electron chi connectivity index (χ4n) is 2.00. The Morgan fingerprint density at radius 2 is 1.45 bits per heavy atom. The van der Waals surface area contributed by atoms with Crippen molar-refractivity contribution in [3.63, 3.8) is 0 Å². The van der Waals surface area contributed by atoms with E-state index in [4.69, 9.17) is 12.2 Å². The van der Waals surface area contributed by atoms with E-state index >= 15 is 0 Å². The molecule has 20 heavy (non-hydrogen) atoms. The van der Waals surface area contributed by atoms with Crippen LogP contribution >= 0.6 is 12.2 Å². The lowest BCUT2D eigenvalue weighted by Gasteiger charge is -2.10. The van der Waals surface area contributed by atoms with Crippen LogP contribution in [0, 0.1) is 0 Å².